The van der Waals surface area contributed by atoms with Crippen molar-refractivity contribution in [2.45, 2.75) is 52.0 Å². The number of nitrogens with one attached hydrogen (secondary N) is 1. The van der Waals surface area contributed by atoms with Gasteiger partial charge in [-0.15, -0.1) is 36.2 Å². The van der Waals surface area contributed by atoms with Crippen molar-refractivity contribution in [1.29, 1.82) is 0 Å². The smallest absolute Gasteiger partial charge is 0.270 e. The Balaban J connectivity index is 0.00000288. The Morgan fingerprint density at radius 2 is 2.20 bits per heavy atom. The summed E-state index contributed by atoms with van der Waals surface area (Å²) in [7, 11) is 0. The van der Waals surface area contributed by atoms with Gasteiger partial charge in [-0.05, 0) is 45.7 Å². The van der Waals surface area contributed by atoms with E-state index in [1.807, 2.05) is 5.38 Å². The average molecular weight is 411 g/mol. The maximum absolute atomic E-state index is 12.3. The number of nitrogens with zero attached hydrogens (tertiary/aromatic N) is 2. The predicted molar refractivity (Wildman–Crippen MR) is 110 cm³/mol. The molecule has 0 spiro atoms. The lowest BCUT2D eigenvalue weighted by Crippen LogP contribution is -2.54. The summed E-state index contributed by atoms with van der Waals surface area (Å²) in [6, 6.07) is 0. The van der Waals surface area contributed by atoms with Crippen LogP contribution in [0.15, 0.2) is 5.38 Å². The molecule has 1 aliphatic heterocycles. The second-order valence-corrected chi connectivity index (χ2v) is 7.97. The zero-order valence-corrected chi connectivity index (χ0v) is 17.9. The second-order valence-electron chi connectivity index (χ2n) is 7.02. The summed E-state index contributed by atoms with van der Waals surface area (Å²) < 4.78 is 0. The number of piperidine rings is 1. The highest BCUT2D eigenvalue weighted by Crippen LogP contribution is 2.25. The van der Waals surface area contributed by atoms with Crippen molar-refractivity contribution in [1.82, 2.24) is 15.2 Å². The maximum atomic E-state index is 12.3. The quantitative estimate of drug-likeness (QED) is 0.723. The largest absolute Gasteiger partial charge is 0.349 e. The molecule has 0 aromatic carbocycles. The van der Waals surface area contributed by atoms with E-state index in [4.69, 9.17) is 5.73 Å². The lowest BCUT2D eigenvalue weighted by molar-refractivity contribution is 0.0611. The van der Waals surface area contributed by atoms with Gasteiger partial charge in [0.25, 0.3) is 5.91 Å². The van der Waals surface area contributed by atoms with Crippen LogP contribution in [0.25, 0.3) is 0 Å². The monoisotopic (exact) mass is 410 g/mol. The molecule has 1 saturated heterocycles. The van der Waals surface area contributed by atoms with Gasteiger partial charge in [-0.3, -0.25) is 9.69 Å². The summed E-state index contributed by atoms with van der Waals surface area (Å²) in [5, 5.41) is 5.81. The molecule has 0 saturated carbocycles. The number of halogens is 2. The van der Waals surface area contributed by atoms with Crippen molar-refractivity contribution in [3.63, 3.8) is 0 Å². The van der Waals surface area contributed by atoms with Gasteiger partial charge in [0.1, 0.15) is 5.69 Å². The zero-order valence-electron chi connectivity index (χ0n) is 15.4. The fraction of sp³-hybridized carbons (Fsp3) is 0.765. The topological polar surface area (TPSA) is 71.2 Å². The molecular weight excluding hydrogens is 379 g/mol. The van der Waals surface area contributed by atoms with Gasteiger partial charge in [0.05, 0.1) is 5.01 Å². The number of hydrogen-bond donors (Lipinski definition) is 2. The van der Waals surface area contributed by atoms with Gasteiger partial charge in [0, 0.05) is 30.4 Å². The average Bonchev–Trinajstić information content (AvgIpc) is 3.02. The number of amides is 1. The van der Waals surface area contributed by atoms with Crippen molar-refractivity contribution in [2.24, 2.45) is 11.7 Å². The van der Waals surface area contributed by atoms with Crippen LogP contribution in [0.2, 0.25) is 0 Å². The molecule has 1 fully saturated rings. The zero-order chi connectivity index (χ0) is 16.9. The number of hydrogen-bond acceptors (Lipinski definition) is 5. The molecule has 2 heterocycles. The van der Waals surface area contributed by atoms with Crippen LogP contribution in [0, 0.1) is 5.92 Å². The van der Waals surface area contributed by atoms with Crippen LogP contribution >= 0.6 is 36.2 Å². The standard InChI is InChI=1S/C17H30N4OS.2ClH/c1-4-13-6-5-9-21(10-13)17(2,3)12-19-16(22)14-11-23-15(20-14)7-8-18;;/h11,13H,4-10,12,18H2,1-3H3,(H,19,22);2*1H. The molecule has 1 aromatic rings. The summed E-state index contributed by atoms with van der Waals surface area (Å²) in [6.07, 6.45) is 4.56. The van der Waals surface area contributed by atoms with E-state index in [1.165, 1.54) is 30.6 Å². The number of carbonyl (C=O) groups excluding carboxylic acids is 1. The third-order valence-electron chi connectivity index (χ3n) is 4.78. The molecule has 1 atom stereocenters. The predicted octanol–water partition coefficient (Wildman–Crippen LogP) is 3.12. The highest BCUT2D eigenvalue weighted by molar-refractivity contribution is 7.09. The van der Waals surface area contributed by atoms with Crippen molar-refractivity contribution in [3.05, 3.63) is 16.1 Å². The fourth-order valence-electron chi connectivity index (χ4n) is 3.10. The maximum Gasteiger partial charge on any atom is 0.270 e. The van der Waals surface area contributed by atoms with Gasteiger partial charge in [0.15, 0.2) is 0 Å². The minimum atomic E-state index is -0.0818. The minimum absolute atomic E-state index is 0. The molecule has 0 bridgehead atoms. The van der Waals surface area contributed by atoms with Crippen molar-refractivity contribution < 1.29 is 4.79 Å². The highest BCUT2D eigenvalue weighted by atomic mass is 35.5. The molecule has 1 aromatic heterocycles. The normalized spacial score (nSPS) is 18.2. The molecule has 5 nitrogen and oxygen atoms in total. The molecule has 1 unspecified atom stereocenters. The van der Waals surface area contributed by atoms with E-state index in [0.29, 0.717) is 18.8 Å². The highest BCUT2D eigenvalue weighted by Gasteiger charge is 2.31. The molecule has 3 N–H and O–H groups in total. The first kappa shape index (κ1) is 24.6. The Bertz CT molecular complexity index is 525. The van der Waals surface area contributed by atoms with Crippen molar-refractivity contribution in [2.75, 3.05) is 26.2 Å². The summed E-state index contributed by atoms with van der Waals surface area (Å²) in [4.78, 5) is 19.2. The number of carbonyl (C=O) groups is 1. The van der Waals surface area contributed by atoms with Crippen LogP contribution in [0.1, 0.15) is 55.5 Å². The summed E-state index contributed by atoms with van der Waals surface area (Å²) >= 11 is 1.50. The van der Waals surface area contributed by atoms with Gasteiger partial charge in [0.2, 0.25) is 0 Å². The van der Waals surface area contributed by atoms with Crippen LogP contribution < -0.4 is 11.1 Å². The van der Waals surface area contributed by atoms with E-state index in [9.17, 15) is 4.79 Å². The van der Waals surface area contributed by atoms with Crippen LogP contribution in [0.5, 0.6) is 0 Å². The molecule has 146 valence electrons. The van der Waals surface area contributed by atoms with E-state index in [0.717, 1.165) is 30.4 Å². The SMILES string of the molecule is CCC1CCCN(C(C)(C)CNC(=O)c2csc(CCN)n2)C1.Cl.Cl. The number of likely N-dealkylation sites (tertiary alicyclic amines) is 1. The Morgan fingerprint density at radius 1 is 1.48 bits per heavy atom. The number of nitrogens with two attached hydrogens (primary N) is 1. The molecule has 0 radical (unpaired) electrons. The van der Waals surface area contributed by atoms with Crippen molar-refractivity contribution >= 4 is 42.1 Å². The molecule has 1 aliphatic rings. The molecule has 25 heavy (non-hydrogen) atoms. The Hall–Kier alpha value is -0.400. The van der Waals surface area contributed by atoms with Crippen LogP contribution in [-0.4, -0.2) is 47.5 Å². The minimum Gasteiger partial charge on any atom is -0.349 e. The van der Waals surface area contributed by atoms with Gasteiger partial charge in [-0.2, -0.15) is 0 Å². The van der Waals surface area contributed by atoms with Crippen molar-refractivity contribution in [3.8, 4) is 0 Å². The number of aromatic nitrogens is 1. The van der Waals surface area contributed by atoms with Gasteiger partial charge >= 0.3 is 0 Å². The lowest BCUT2D eigenvalue weighted by atomic mass is 9.91. The third-order valence-corrected chi connectivity index (χ3v) is 5.69. The van der Waals surface area contributed by atoms with E-state index in [2.05, 4.69) is 36.0 Å². The molecule has 2 rings (SSSR count). The van der Waals surface area contributed by atoms with Crippen LogP contribution in [-0.2, 0) is 6.42 Å². The Morgan fingerprint density at radius 3 is 2.84 bits per heavy atom. The Kier molecular flexibility index (Phi) is 11.2. The van der Waals surface area contributed by atoms with E-state index < -0.39 is 0 Å². The van der Waals surface area contributed by atoms with Crippen LogP contribution in [0.4, 0.5) is 0 Å². The first-order valence-electron chi connectivity index (χ1n) is 8.64. The second kappa shape index (κ2) is 11.3. The molecule has 8 heteroatoms. The number of rotatable bonds is 7. The summed E-state index contributed by atoms with van der Waals surface area (Å²) in [6.45, 7) is 10.2. The summed E-state index contributed by atoms with van der Waals surface area (Å²) in [5.41, 5.74) is 6.01. The van der Waals surface area contributed by atoms with E-state index in [-0.39, 0.29) is 36.3 Å². The molecular formula is C17H32Cl2N4OS. The fourth-order valence-corrected chi connectivity index (χ4v) is 3.89. The third kappa shape index (κ3) is 7.02. The van der Waals surface area contributed by atoms with E-state index >= 15 is 0 Å². The first-order valence-corrected chi connectivity index (χ1v) is 9.52. The van der Waals surface area contributed by atoms with E-state index in [1.54, 1.807) is 0 Å². The molecule has 0 aliphatic carbocycles. The summed E-state index contributed by atoms with van der Waals surface area (Å²) in [5.74, 6) is 0.706. The van der Waals surface area contributed by atoms with Gasteiger partial charge in [-0.25, -0.2) is 4.98 Å². The lowest BCUT2D eigenvalue weighted by Gasteiger charge is -2.43. The number of thiazole rings is 1. The van der Waals surface area contributed by atoms with Gasteiger partial charge < -0.3 is 11.1 Å². The molecule has 1 amide bonds. The Labute approximate surface area is 168 Å². The van der Waals surface area contributed by atoms with Crippen LogP contribution in [0.3, 0.4) is 0 Å². The first-order chi connectivity index (χ1) is 11.0. The van der Waals surface area contributed by atoms with Gasteiger partial charge in [-0.1, -0.05) is 13.3 Å².